The molecule has 4 rings (SSSR count). The van der Waals surface area contributed by atoms with E-state index in [1.54, 1.807) is 0 Å². The predicted molar refractivity (Wildman–Crippen MR) is 108 cm³/mol. The number of nitro benzene ring substituents is 1. The summed E-state index contributed by atoms with van der Waals surface area (Å²) in [5.41, 5.74) is 3.69. The molecule has 0 radical (unpaired) electrons. The number of hydrogen-bond acceptors (Lipinski definition) is 9. The number of aliphatic hydroxyl groups is 1. The van der Waals surface area contributed by atoms with Gasteiger partial charge in [-0.05, 0) is 25.7 Å². The molecule has 12 heteroatoms. The fraction of sp³-hybridized carbons (Fsp3) is 0.474. The molecular formula is C19H21FN4O6S. The van der Waals surface area contributed by atoms with Crippen molar-refractivity contribution in [3.63, 3.8) is 0 Å². The van der Waals surface area contributed by atoms with E-state index in [9.17, 15) is 23.6 Å². The molecule has 3 heterocycles. The lowest BCUT2D eigenvalue weighted by Gasteiger charge is -2.30. The monoisotopic (exact) mass is 452 g/mol. The number of aromatic nitrogens is 2. The van der Waals surface area contributed by atoms with Crippen molar-refractivity contribution in [2.24, 2.45) is 0 Å². The van der Waals surface area contributed by atoms with E-state index in [-0.39, 0.29) is 52.5 Å². The van der Waals surface area contributed by atoms with Gasteiger partial charge in [0.25, 0.3) is 5.69 Å². The highest BCUT2D eigenvalue weighted by Crippen LogP contribution is 2.42. The SMILES string of the molecule is Nc1c([N+](=O)[O-])cc(-c2cnc(C3(O)CCS(=O)(=O)CC3)nc2)c(F)c1C1CCCO1. The summed E-state index contributed by atoms with van der Waals surface area (Å²) >= 11 is 0. The molecule has 2 saturated heterocycles. The van der Waals surface area contributed by atoms with Gasteiger partial charge in [0, 0.05) is 41.8 Å². The molecule has 2 aromatic rings. The first-order valence-corrected chi connectivity index (χ1v) is 11.6. The second-order valence-corrected chi connectivity index (χ2v) is 10.1. The van der Waals surface area contributed by atoms with Crippen LogP contribution < -0.4 is 5.73 Å². The highest BCUT2D eigenvalue weighted by atomic mass is 32.2. The van der Waals surface area contributed by atoms with Crippen molar-refractivity contribution in [3.05, 3.63) is 45.8 Å². The molecule has 0 spiro atoms. The minimum absolute atomic E-state index is 0.0239. The minimum Gasteiger partial charge on any atom is -0.393 e. The summed E-state index contributed by atoms with van der Waals surface area (Å²) in [7, 11) is -3.20. The van der Waals surface area contributed by atoms with E-state index in [4.69, 9.17) is 10.5 Å². The number of benzene rings is 1. The van der Waals surface area contributed by atoms with Gasteiger partial charge in [-0.15, -0.1) is 0 Å². The van der Waals surface area contributed by atoms with Gasteiger partial charge in [-0.3, -0.25) is 10.1 Å². The standard InChI is InChI=1S/C19H21FN4O6S/c20-16-12(8-13(24(26)27)17(21)15(16)14-2-1-5-30-14)11-9-22-18(23-10-11)19(25)3-6-31(28,29)7-4-19/h8-10,14,25H,1-7,21H2. The third-order valence-corrected chi connectivity index (χ3v) is 7.45. The van der Waals surface area contributed by atoms with Crippen LogP contribution in [0.3, 0.4) is 0 Å². The van der Waals surface area contributed by atoms with E-state index < -0.39 is 38.0 Å². The number of anilines is 1. The number of nitrogens with zero attached hydrogens (tertiary/aromatic N) is 3. The third-order valence-electron chi connectivity index (χ3n) is 5.80. The minimum atomic E-state index is -3.20. The Labute approximate surface area is 177 Å². The molecule has 0 saturated carbocycles. The molecule has 0 bridgehead atoms. The fourth-order valence-electron chi connectivity index (χ4n) is 3.97. The first kappa shape index (κ1) is 21.5. The summed E-state index contributed by atoms with van der Waals surface area (Å²) in [6.07, 6.45) is 2.92. The smallest absolute Gasteiger partial charge is 0.293 e. The van der Waals surface area contributed by atoms with Crippen LogP contribution in [0.25, 0.3) is 11.1 Å². The summed E-state index contributed by atoms with van der Waals surface area (Å²) in [5.74, 6) is -1.08. The molecule has 1 unspecified atom stereocenters. The number of halogens is 1. The van der Waals surface area contributed by atoms with Crippen molar-refractivity contribution in [2.45, 2.75) is 37.4 Å². The maximum absolute atomic E-state index is 15.4. The van der Waals surface area contributed by atoms with Crippen molar-refractivity contribution in [1.82, 2.24) is 9.97 Å². The van der Waals surface area contributed by atoms with Crippen LogP contribution in [0.4, 0.5) is 15.8 Å². The number of nitro groups is 1. The number of sulfone groups is 1. The molecule has 2 aliphatic rings. The molecule has 1 aromatic carbocycles. The third kappa shape index (κ3) is 3.98. The van der Waals surface area contributed by atoms with Crippen LogP contribution in [0.2, 0.25) is 0 Å². The van der Waals surface area contributed by atoms with E-state index in [1.807, 2.05) is 0 Å². The average Bonchev–Trinajstić information content (AvgIpc) is 3.25. The van der Waals surface area contributed by atoms with Crippen LogP contribution in [0.15, 0.2) is 18.5 Å². The highest BCUT2D eigenvalue weighted by Gasteiger charge is 2.39. The van der Waals surface area contributed by atoms with Crippen molar-refractivity contribution < 1.29 is 27.6 Å². The van der Waals surface area contributed by atoms with Gasteiger partial charge in [0.1, 0.15) is 17.1 Å². The molecule has 1 atom stereocenters. The molecule has 10 nitrogen and oxygen atoms in total. The zero-order valence-corrected chi connectivity index (χ0v) is 17.3. The van der Waals surface area contributed by atoms with Gasteiger partial charge in [-0.25, -0.2) is 22.8 Å². The van der Waals surface area contributed by atoms with E-state index in [2.05, 4.69) is 9.97 Å². The number of nitrogen functional groups attached to an aromatic ring is 1. The number of hydrogen-bond donors (Lipinski definition) is 2. The number of ether oxygens (including phenoxy) is 1. The van der Waals surface area contributed by atoms with Crippen molar-refractivity contribution in [3.8, 4) is 11.1 Å². The molecular weight excluding hydrogens is 431 g/mol. The Morgan fingerprint density at radius 1 is 1.29 bits per heavy atom. The quantitative estimate of drug-likeness (QED) is 0.402. The first-order valence-electron chi connectivity index (χ1n) is 9.75. The zero-order chi connectivity index (χ0) is 22.4. The maximum Gasteiger partial charge on any atom is 0.293 e. The lowest BCUT2D eigenvalue weighted by Crippen LogP contribution is -2.38. The normalized spacial score (nSPS) is 22.3. The molecule has 166 valence electrons. The van der Waals surface area contributed by atoms with Crippen LogP contribution in [-0.2, 0) is 20.2 Å². The predicted octanol–water partition coefficient (Wildman–Crippen LogP) is 2.02. The number of nitrogens with two attached hydrogens (primary N) is 1. The van der Waals surface area contributed by atoms with Gasteiger partial charge in [0.05, 0.1) is 22.5 Å². The molecule has 1 aromatic heterocycles. The van der Waals surface area contributed by atoms with Gasteiger partial charge in [0.15, 0.2) is 15.7 Å². The van der Waals surface area contributed by atoms with Crippen molar-refractivity contribution >= 4 is 21.2 Å². The Balaban J connectivity index is 1.73. The van der Waals surface area contributed by atoms with Crippen molar-refractivity contribution in [1.29, 1.82) is 0 Å². The molecule has 3 N–H and O–H groups in total. The first-order chi connectivity index (χ1) is 14.6. The van der Waals surface area contributed by atoms with Crippen LogP contribution >= 0.6 is 0 Å². The van der Waals surface area contributed by atoms with Crippen LogP contribution in [0.5, 0.6) is 0 Å². The Bertz CT molecular complexity index is 1120. The Hall–Kier alpha value is -2.70. The van der Waals surface area contributed by atoms with Gasteiger partial charge < -0.3 is 15.6 Å². The second kappa shape index (κ2) is 7.77. The Kier molecular flexibility index (Phi) is 5.40. The van der Waals surface area contributed by atoms with Crippen LogP contribution in [-0.4, -0.2) is 46.5 Å². The summed E-state index contributed by atoms with van der Waals surface area (Å²) in [6, 6.07) is 1.03. The molecule has 2 fully saturated rings. The van der Waals surface area contributed by atoms with E-state index in [1.165, 1.54) is 12.4 Å². The van der Waals surface area contributed by atoms with Gasteiger partial charge >= 0.3 is 0 Å². The zero-order valence-electron chi connectivity index (χ0n) is 16.5. The van der Waals surface area contributed by atoms with Gasteiger partial charge in [-0.1, -0.05) is 0 Å². The molecule has 31 heavy (non-hydrogen) atoms. The van der Waals surface area contributed by atoms with Gasteiger partial charge in [0.2, 0.25) is 0 Å². The summed E-state index contributed by atoms with van der Waals surface area (Å²) in [5, 5.41) is 22.2. The molecule has 2 aliphatic heterocycles. The highest BCUT2D eigenvalue weighted by molar-refractivity contribution is 7.91. The Morgan fingerprint density at radius 2 is 1.94 bits per heavy atom. The van der Waals surface area contributed by atoms with E-state index in [0.717, 1.165) is 6.07 Å². The van der Waals surface area contributed by atoms with Crippen LogP contribution in [0.1, 0.15) is 43.2 Å². The lowest BCUT2D eigenvalue weighted by molar-refractivity contribution is -0.384. The maximum atomic E-state index is 15.4. The summed E-state index contributed by atoms with van der Waals surface area (Å²) in [6.45, 7) is 0.410. The van der Waals surface area contributed by atoms with Crippen molar-refractivity contribution in [2.75, 3.05) is 23.8 Å². The lowest BCUT2D eigenvalue weighted by atomic mass is 9.95. The van der Waals surface area contributed by atoms with E-state index >= 15 is 4.39 Å². The van der Waals surface area contributed by atoms with Crippen LogP contribution in [0, 0.1) is 15.9 Å². The van der Waals surface area contributed by atoms with Gasteiger partial charge in [-0.2, -0.15) is 0 Å². The average molecular weight is 452 g/mol. The molecule has 0 aliphatic carbocycles. The second-order valence-electron chi connectivity index (χ2n) is 7.82. The largest absolute Gasteiger partial charge is 0.393 e. The molecule has 0 amide bonds. The summed E-state index contributed by atoms with van der Waals surface area (Å²) in [4.78, 5) is 19.0. The fourth-order valence-corrected chi connectivity index (χ4v) is 5.47. The topological polar surface area (TPSA) is 159 Å². The Morgan fingerprint density at radius 3 is 2.48 bits per heavy atom. The van der Waals surface area contributed by atoms with E-state index in [0.29, 0.717) is 19.4 Å². The summed E-state index contributed by atoms with van der Waals surface area (Å²) < 4.78 is 44.1. The number of rotatable bonds is 4.